The Kier molecular flexibility index (Phi) is 2.93. The number of esters is 1. The van der Waals surface area contributed by atoms with Crippen LogP contribution in [0.2, 0.25) is 0 Å². The number of hydrogen-bond acceptors (Lipinski definition) is 2. The summed E-state index contributed by atoms with van der Waals surface area (Å²) in [6.45, 7) is 8.68. The summed E-state index contributed by atoms with van der Waals surface area (Å²) >= 11 is 0. The van der Waals surface area contributed by atoms with Crippen LogP contribution in [-0.4, -0.2) is 13.1 Å². The van der Waals surface area contributed by atoms with Crippen molar-refractivity contribution in [3.05, 3.63) is 0 Å². The molecular formula is C12H22O2. The van der Waals surface area contributed by atoms with Gasteiger partial charge in [-0.25, -0.2) is 0 Å². The van der Waals surface area contributed by atoms with Crippen LogP contribution in [0.1, 0.15) is 47.0 Å². The molecule has 0 N–H and O–H groups in total. The van der Waals surface area contributed by atoms with Crippen molar-refractivity contribution in [3.63, 3.8) is 0 Å². The van der Waals surface area contributed by atoms with Gasteiger partial charge in [-0.05, 0) is 30.6 Å². The Balaban J connectivity index is 2.87. The fourth-order valence-corrected chi connectivity index (χ4v) is 2.66. The topological polar surface area (TPSA) is 26.3 Å². The van der Waals surface area contributed by atoms with E-state index in [-0.39, 0.29) is 16.8 Å². The van der Waals surface area contributed by atoms with Gasteiger partial charge in [0.1, 0.15) is 0 Å². The first-order valence-electron chi connectivity index (χ1n) is 5.44. The monoisotopic (exact) mass is 198 g/mol. The molecule has 1 atom stereocenters. The van der Waals surface area contributed by atoms with Gasteiger partial charge in [-0.15, -0.1) is 0 Å². The highest BCUT2D eigenvalue weighted by molar-refractivity contribution is 5.79. The van der Waals surface area contributed by atoms with E-state index in [0.717, 1.165) is 19.3 Å². The summed E-state index contributed by atoms with van der Waals surface area (Å²) in [7, 11) is 1.50. The molecule has 1 fully saturated rings. The standard InChI is InChI=1S/C12H22O2/c1-9(2)8-12(10(13)14-5)7-6-11(12,3)4/h9H,6-8H2,1-5H3. The maximum Gasteiger partial charge on any atom is 0.312 e. The lowest BCUT2D eigenvalue weighted by atomic mass is 9.48. The summed E-state index contributed by atoms with van der Waals surface area (Å²) in [6, 6.07) is 0. The van der Waals surface area contributed by atoms with Crippen molar-refractivity contribution in [2.75, 3.05) is 7.11 Å². The maximum absolute atomic E-state index is 11.8. The molecule has 0 spiro atoms. The van der Waals surface area contributed by atoms with E-state index in [1.54, 1.807) is 0 Å². The van der Waals surface area contributed by atoms with Gasteiger partial charge >= 0.3 is 5.97 Å². The van der Waals surface area contributed by atoms with Crippen molar-refractivity contribution in [3.8, 4) is 0 Å². The molecule has 1 rings (SSSR count). The molecule has 2 heteroatoms. The zero-order valence-corrected chi connectivity index (χ0v) is 10.0. The number of ether oxygens (including phenoxy) is 1. The van der Waals surface area contributed by atoms with Gasteiger partial charge in [0.2, 0.25) is 0 Å². The molecule has 0 aliphatic heterocycles. The first-order chi connectivity index (χ1) is 6.35. The Hall–Kier alpha value is -0.530. The van der Waals surface area contributed by atoms with E-state index >= 15 is 0 Å². The SMILES string of the molecule is COC(=O)C1(CC(C)C)CCC1(C)C. The number of rotatable bonds is 3. The minimum atomic E-state index is -0.212. The highest BCUT2D eigenvalue weighted by Gasteiger charge is 2.58. The van der Waals surface area contributed by atoms with E-state index in [2.05, 4.69) is 27.7 Å². The number of carbonyl (C=O) groups is 1. The molecule has 0 heterocycles. The molecule has 1 aliphatic rings. The molecule has 82 valence electrons. The predicted octanol–water partition coefficient (Wildman–Crippen LogP) is 3.01. The van der Waals surface area contributed by atoms with E-state index in [4.69, 9.17) is 4.74 Å². The molecule has 2 nitrogen and oxygen atoms in total. The predicted molar refractivity (Wildman–Crippen MR) is 56.9 cm³/mol. The Morgan fingerprint density at radius 1 is 1.36 bits per heavy atom. The van der Waals surface area contributed by atoms with E-state index in [1.165, 1.54) is 7.11 Å². The molecule has 0 radical (unpaired) electrons. The summed E-state index contributed by atoms with van der Waals surface area (Å²) in [5.74, 6) is 0.538. The van der Waals surface area contributed by atoms with Gasteiger partial charge in [-0.1, -0.05) is 27.7 Å². The molecule has 0 saturated heterocycles. The zero-order chi connectivity index (χ0) is 11.0. The van der Waals surface area contributed by atoms with Crippen LogP contribution < -0.4 is 0 Å². The van der Waals surface area contributed by atoms with E-state index in [1.807, 2.05) is 0 Å². The normalized spacial score (nSPS) is 29.9. The second kappa shape index (κ2) is 3.56. The van der Waals surface area contributed by atoms with Gasteiger partial charge in [-0.3, -0.25) is 4.79 Å². The van der Waals surface area contributed by atoms with Gasteiger partial charge in [0.15, 0.2) is 0 Å². The average molecular weight is 198 g/mol. The quantitative estimate of drug-likeness (QED) is 0.652. The van der Waals surface area contributed by atoms with Crippen molar-refractivity contribution in [2.45, 2.75) is 47.0 Å². The Morgan fingerprint density at radius 3 is 2.14 bits per heavy atom. The Morgan fingerprint density at radius 2 is 1.93 bits per heavy atom. The van der Waals surface area contributed by atoms with Crippen LogP contribution in [0, 0.1) is 16.7 Å². The van der Waals surface area contributed by atoms with Crippen LogP contribution >= 0.6 is 0 Å². The van der Waals surface area contributed by atoms with Crippen LogP contribution in [0.25, 0.3) is 0 Å². The molecule has 0 aromatic heterocycles. The zero-order valence-electron chi connectivity index (χ0n) is 10.0. The second-order valence-corrected chi connectivity index (χ2v) is 5.56. The second-order valence-electron chi connectivity index (χ2n) is 5.56. The van der Waals surface area contributed by atoms with Crippen LogP contribution in [-0.2, 0) is 9.53 Å². The molecule has 14 heavy (non-hydrogen) atoms. The summed E-state index contributed by atoms with van der Waals surface area (Å²) < 4.78 is 4.96. The first kappa shape index (κ1) is 11.5. The summed E-state index contributed by atoms with van der Waals surface area (Å²) in [5, 5.41) is 0. The van der Waals surface area contributed by atoms with Gasteiger partial charge in [0.05, 0.1) is 12.5 Å². The van der Waals surface area contributed by atoms with Crippen molar-refractivity contribution in [1.82, 2.24) is 0 Å². The third-order valence-electron chi connectivity index (χ3n) is 3.81. The minimum absolute atomic E-state index is 0.0116. The van der Waals surface area contributed by atoms with E-state index in [9.17, 15) is 4.79 Å². The van der Waals surface area contributed by atoms with Crippen LogP contribution in [0.4, 0.5) is 0 Å². The van der Waals surface area contributed by atoms with Gasteiger partial charge in [0, 0.05) is 0 Å². The summed E-state index contributed by atoms with van der Waals surface area (Å²) in [6.07, 6.45) is 3.08. The van der Waals surface area contributed by atoms with Gasteiger partial charge in [0.25, 0.3) is 0 Å². The summed E-state index contributed by atoms with van der Waals surface area (Å²) in [4.78, 5) is 11.8. The smallest absolute Gasteiger partial charge is 0.312 e. The molecule has 0 aromatic rings. The lowest BCUT2D eigenvalue weighted by Gasteiger charge is -2.54. The Bertz CT molecular complexity index is 230. The molecule has 1 aliphatic carbocycles. The molecule has 1 saturated carbocycles. The van der Waals surface area contributed by atoms with Crippen molar-refractivity contribution >= 4 is 5.97 Å². The first-order valence-corrected chi connectivity index (χ1v) is 5.44. The van der Waals surface area contributed by atoms with Crippen LogP contribution in [0.3, 0.4) is 0 Å². The van der Waals surface area contributed by atoms with Gasteiger partial charge < -0.3 is 4.74 Å². The fourth-order valence-electron chi connectivity index (χ4n) is 2.66. The lowest BCUT2D eigenvalue weighted by molar-refractivity contribution is -0.178. The largest absolute Gasteiger partial charge is 0.469 e. The highest BCUT2D eigenvalue weighted by Crippen LogP contribution is 2.60. The third kappa shape index (κ3) is 1.55. The maximum atomic E-state index is 11.8. The van der Waals surface area contributed by atoms with Crippen molar-refractivity contribution < 1.29 is 9.53 Å². The van der Waals surface area contributed by atoms with Crippen LogP contribution in [0.15, 0.2) is 0 Å². The molecule has 0 bridgehead atoms. The number of methoxy groups -OCH3 is 1. The molecule has 0 aromatic carbocycles. The van der Waals surface area contributed by atoms with E-state index in [0.29, 0.717) is 5.92 Å². The van der Waals surface area contributed by atoms with Gasteiger partial charge in [-0.2, -0.15) is 0 Å². The van der Waals surface area contributed by atoms with E-state index < -0.39 is 0 Å². The summed E-state index contributed by atoms with van der Waals surface area (Å²) in [5.41, 5.74) is -0.0969. The third-order valence-corrected chi connectivity index (χ3v) is 3.81. The fraction of sp³-hybridized carbons (Fsp3) is 0.917. The molecule has 0 amide bonds. The lowest BCUT2D eigenvalue weighted by Crippen LogP contribution is -2.54. The van der Waals surface area contributed by atoms with Crippen LogP contribution in [0.5, 0.6) is 0 Å². The molecular weight excluding hydrogens is 176 g/mol. The Labute approximate surface area is 87.0 Å². The molecule has 1 unspecified atom stereocenters. The highest BCUT2D eigenvalue weighted by atomic mass is 16.5. The van der Waals surface area contributed by atoms with Crippen molar-refractivity contribution in [1.29, 1.82) is 0 Å². The number of carbonyl (C=O) groups excluding carboxylic acids is 1. The number of hydrogen-bond donors (Lipinski definition) is 0. The minimum Gasteiger partial charge on any atom is -0.469 e. The van der Waals surface area contributed by atoms with Crippen molar-refractivity contribution in [2.24, 2.45) is 16.7 Å². The average Bonchev–Trinajstić information content (AvgIpc) is 2.10.